The minimum atomic E-state index is -0.124. The fourth-order valence-electron chi connectivity index (χ4n) is 1.96. The molecule has 20 heavy (non-hydrogen) atoms. The third-order valence-corrected chi connectivity index (χ3v) is 3.69. The van der Waals surface area contributed by atoms with Gasteiger partial charge in [-0.2, -0.15) is 5.10 Å². The van der Waals surface area contributed by atoms with E-state index in [4.69, 9.17) is 5.73 Å². The lowest BCUT2D eigenvalue weighted by molar-refractivity contribution is -0.116. The topological polar surface area (TPSA) is 72.9 Å². The van der Waals surface area contributed by atoms with Gasteiger partial charge in [-0.25, -0.2) is 0 Å². The van der Waals surface area contributed by atoms with Gasteiger partial charge in [0.2, 0.25) is 5.91 Å². The van der Waals surface area contributed by atoms with Crippen LogP contribution < -0.4 is 11.1 Å². The number of nitrogen functional groups attached to an aromatic ring is 1. The summed E-state index contributed by atoms with van der Waals surface area (Å²) in [6, 6.07) is 5.72. The van der Waals surface area contributed by atoms with Gasteiger partial charge in [-0.15, -0.1) is 0 Å². The smallest absolute Gasteiger partial charge is 0.246 e. The van der Waals surface area contributed by atoms with Gasteiger partial charge in [-0.05, 0) is 44.5 Å². The predicted molar refractivity (Wildman–Crippen MR) is 83.6 cm³/mol. The number of nitrogens with one attached hydrogen (secondary N) is 1. The van der Waals surface area contributed by atoms with Gasteiger partial charge in [-0.1, -0.05) is 15.9 Å². The Bertz CT molecular complexity index is 663. The molecule has 1 heterocycles. The van der Waals surface area contributed by atoms with Gasteiger partial charge in [0.15, 0.2) is 0 Å². The molecule has 0 aliphatic carbocycles. The maximum absolute atomic E-state index is 12.1. The van der Waals surface area contributed by atoms with Gasteiger partial charge in [0.1, 0.15) is 6.54 Å². The summed E-state index contributed by atoms with van der Waals surface area (Å²) in [4.78, 5) is 12.1. The minimum absolute atomic E-state index is 0.124. The summed E-state index contributed by atoms with van der Waals surface area (Å²) in [5.41, 5.74) is 9.84. The Balaban J connectivity index is 2.11. The number of amides is 1. The fourth-order valence-corrected chi connectivity index (χ4v) is 2.43. The molecule has 5 nitrogen and oxygen atoms in total. The van der Waals surface area contributed by atoms with E-state index in [0.717, 1.165) is 27.1 Å². The summed E-state index contributed by atoms with van der Waals surface area (Å²) in [5, 5.41) is 7.13. The molecule has 0 spiro atoms. The van der Waals surface area contributed by atoms with E-state index in [2.05, 4.69) is 26.3 Å². The molecule has 1 aromatic carbocycles. The molecule has 2 aromatic rings. The van der Waals surface area contributed by atoms with Crippen molar-refractivity contribution >= 4 is 33.2 Å². The van der Waals surface area contributed by atoms with E-state index in [1.165, 1.54) is 0 Å². The third-order valence-electron chi connectivity index (χ3n) is 3.19. The zero-order valence-electron chi connectivity index (χ0n) is 11.7. The molecule has 2 rings (SSSR count). The van der Waals surface area contributed by atoms with Crippen LogP contribution >= 0.6 is 15.9 Å². The highest BCUT2D eigenvalue weighted by Gasteiger charge is 2.12. The quantitative estimate of drug-likeness (QED) is 0.905. The number of anilines is 2. The number of aryl methyl sites for hydroxylation is 2. The Hall–Kier alpha value is -1.82. The number of rotatable bonds is 3. The predicted octanol–water partition coefficient (Wildman–Crippen LogP) is 2.79. The highest BCUT2D eigenvalue weighted by Crippen LogP contribution is 2.20. The molecule has 0 saturated carbocycles. The number of nitrogens with two attached hydrogens (primary N) is 1. The lowest BCUT2D eigenvalue weighted by atomic mass is 10.2. The Kier molecular flexibility index (Phi) is 4.13. The van der Waals surface area contributed by atoms with Crippen LogP contribution in [0.25, 0.3) is 0 Å². The molecule has 1 amide bonds. The molecule has 0 atom stereocenters. The van der Waals surface area contributed by atoms with Crippen molar-refractivity contribution in [3.05, 3.63) is 39.6 Å². The van der Waals surface area contributed by atoms with Crippen molar-refractivity contribution in [2.24, 2.45) is 0 Å². The van der Waals surface area contributed by atoms with Crippen molar-refractivity contribution in [2.75, 3.05) is 11.1 Å². The molecule has 0 aliphatic rings. The van der Waals surface area contributed by atoms with Crippen LogP contribution in [0.1, 0.15) is 17.0 Å². The Morgan fingerprint density at radius 3 is 2.65 bits per heavy atom. The second kappa shape index (κ2) is 5.66. The fraction of sp³-hybridized carbons (Fsp3) is 0.286. The van der Waals surface area contributed by atoms with Crippen LogP contribution in [0.2, 0.25) is 0 Å². The first kappa shape index (κ1) is 14.6. The average molecular weight is 337 g/mol. The standard InChI is InChI=1S/C14H17BrN4O/c1-8-6-11(15)4-5-12(8)17-13(20)7-19-10(3)14(16)9(2)18-19/h4-6H,7,16H2,1-3H3,(H,17,20). The monoisotopic (exact) mass is 336 g/mol. The number of halogens is 1. The van der Waals surface area contributed by atoms with Crippen LogP contribution in [-0.2, 0) is 11.3 Å². The van der Waals surface area contributed by atoms with Crippen molar-refractivity contribution < 1.29 is 4.79 Å². The van der Waals surface area contributed by atoms with Crippen LogP contribution in [-0.4, -0.2) is 15.7 Å². The zero-order chi connectivity index (χ0) is 14.9. The van der Waals surface area contributed by atoms with E-state index < -0.39 is 0 Å². The molecular formula is C14H17BrN4O. The lowest BCUT2D eigenvalue weighted by Crippen LogP contribution is -2.20. The first-order valence-corrected chi connectivity index (χ1v) is 7.03. The normalized spacial score (nSPS) is 10.6. The molecule has 3 N–H and O–H groups in total. The summed E-state index contributed by atoms with van der Waals surface area (Å²) >= 11 is 3.40. The van der Waals surface area contributed by atoms with Crippen molar-refractivity contribution in [1.29, 1.82) is 0 Å². The number of hydrogen-bond donors (Lipinski definition) is 2. The number of hydrogen-bond acceptors (Lipinski definition) is 3. The molecule has 0 radical (unpaired) electrons. The summed E-state index contributed by atoms with van der Waals surface area (Å²) in [6.45, 7) is 5.78. The number of benzene rings is 1. The van der Waals surface area contributed by atoms with Crippen molar-refractivity contribution in [1.82, 2.24) is 9.78 Å². The van der Waals surface area contributed by atoms with Gasteiger partial charge >= 0.3 is 0 Å². The van der Waals surface area contributed by atoms with E-state index in [1.807, 2.05) is 39.0 Å². The van der Waals surface area contributed by atoms with E-state index in [0.29, 0.717) is 5.69 Å². The van der Waals surface area contributed by atoms with E-state index in [1.54, 1.807) is 4.68 Å². The zero-order valence-corrected chi connectivity index (χ0v) is 13.3. The second-order valence-electron chi connectivity index (χ2n) is 4.75. The van der Waals surface area contributed by atoms with Gasteiger partial charge in [0.25, 0.3) is 0 Å². The molecule has 6 heteroatoms. The summed E-state index contributed by atoms with van der Waals surface area (Å²) in [6.07, 6.45) is 0. The molecule has 0 fully saturated rings. The maximum Gasteiger partial charge on any atom is 0.246 e. The molecule has 0 saturated heterocycles. The minimum Gasteiger partial charge on any atom is -0.396 e. The van der Waals surface area contributed by atoms with Crippen LogP contribution in [0.5, 0.6) is 0 Å². The Labute approximate surface area is 126 Å². The van der Waals surface area contributed by atoms with Crippen LogP contribution in [0.4, 0.5) is 11.4 Å². The summed E-state index contributed by atoms with van der Waals surface area (Å²) in [5.74, 6) is -0.124. The Morgan fingerprint density at radius 1 is 1.40 bits per heavy atom. The highest BCUT2D eigenvalue weighted by atomic mass is 79.9. The van der Waals surface area contributed by atoms with Gasteiger partial charge in [0, 0.05) is 10.2 Å². The van der Waals surface area contributed by atoms with E-state index in [-0.39, 0.29) is 12.5 Å². The largest absolute Gasteiger partial charge is 0.396 e. The number of nitrogens with zero attached hydrogens (tertiary/aromatic N) is 2. The van der Waals surface area contributed by atoms with Crippen LogP contribution in [0.15, 0.2) is 22.7 Å². The number of aromatic nitrogens is 2. The molecule has 1 aromatic heterocycles. The second-order valence-corrected chi connectivity index (χ2v) is 5.67. The molecule has 106 valence electrons. The summed E-state index contributed by atoms with van der Waals surface area (Å²) in [7, 11) is 0. The number of carbonyl (C=O) groups is 1. The molecule has 0 unspecified atom stereocenters. The van der Waals surface area contributed by atoms with Crippen LogP contribution in [0.3, 0.4) is 0 Å². The lowest BCUT2D eigenvalue weighted by Gasteiger charge is -2.09. The van der Waals surface area contributed by atoms with Crippen molar-refractivity contribution in [3.8, 4) is 0 Å². The highest BCUT2D eigenvalue weighted by molar-refractivity contribution is 9.10. The van der Waals surface area contributed by atoms with Gasteiger partial charge in [-0.3, -0.25) is 9.48 Å². The molecular weight excluding hydrogens is 320 g/mol. The van der Waals surface area contributed by atoms with Crippen molar-refractivity contribution in [3.63, 3.8) is 0 Å². The SMILES string of the molecule is Cc1cc(Br)ccc1NC(=O)Cn1nc(C)c(N)c1C. The summed E-state index contributed by atoms with van der Waals surface area (Å²) < 4.78 is 2.60. The van der Waals surface area contributed by atoms with Crippen molar-refractivity contribution in [2.45, 2.75) is 27.3 Å². The first-order valence-electron chi connectivity index (χ1n) is 6.24. The average Bonchev–Trinajstić information content (AvgIpc) is 2.61. The molecule has 0 aliphatic heterocycles. The van der Waals surface area contributed by atoms with E-state index >= 15 is 0 Å². The third kappa shape index (κ3) is 3.01. The van der Waals surface area contributed by atoms with Gasteiger partial charge < -0.3 is 11.1 Å². The maximum atomic E-state index is 12.1. The van der Waals surface area contributed by atoms with Crippen LogP contribution in [0, 0.1) is 20.8 Å². The first-order chi connectivity index (χ1) is 9.38. The van der Waals surface area contributed by atoms with E-state index in [9.17, 15) is 4.79 Å². The Morgan fingerprint density at radius 2 is 2.10 bits per heavy atom. The number of carbonyl (C=O) groups excluding carboxylic acids is 1. The van der Waals surface area contributed by atoms with Gasteiger partial charge in [0.05, 0.1) is 17.1 Å². The molecule has 0 bridgehead atoms.